The molecule has 3 heterocycles. The van der Waals surface area contributed by atoms with Crippen molar-refractivity contribution in [3.05, 3.63) is 54.6 Å². The van der Waals surface area contributed by atoms with Crippen molar-refractivity contribution in [3.63, 3.8) is 0 Å². The molecule has 5 rings (SSSR count). The Hall–Kier alpha value is -3.00. The number of carbonyl (C=O) groups excluding carboxylic acids is 1. The normalized spacial score (nSPS) is 13.8. The molecule has 0 bridgehead atoms. The Morgan fingerprint density at radius 1 is 1.28 bits per heavy atom. The summed E-state index contributed by atoms with van der Waals surface area (Å²) in [5.41, 5.74) is 2.13. The van der Waals surface area contributed by atoms with Crippen LogP contribution in [0.2, 0.25) is 0 Å². The van der Waals surface area contributed by atoms with E-state index in [0.29, 0.717) is 18.3 Å². The Bertz CT molecular complexity index is 1140. The van der Waals surface area contributed by atoms with E-state index in [0.717, 1.165) is 46.0 Å². The summed E-state index contributed by atoms with van der Waals surface area (Å²) in [6, 6.07) is 12.3. The number of fused-ring (bicyclic) bond motifs is 1. The van der Waals surface area contributed by atoms with Gasteiger partial charge < -0.3 is 14.3 Å². The molecule has 1 N–H and O–H groups in total. The van der Waals surface area contributed by atoms with Gasteiger partial charge in [0.15, 0.2) is 11.0 Å². The molecule has 0 unspecified atom stereocenters. The van der Waals surface area contributed by atoms with Crippen molar-refractivity contribution in [1.82, 2.24) is 24.6 Å². The molecule has 7 nitrogen and oxygen atoms in total. The zero-order valence-electron chi connectivity index (χ0n) is 16.0. The maximum absolute atomic E-state index is 12.6. The molecule has 0 radical (unpaired) electrons. The van der Waals surface area contributed by atoms with Crippen LogP contribution in [0.15, 0.2) is 58.4 Å². The number of H-pyrrole nitrogens is 1. The van der Waals surface area contributed by atoms with Crippen LogP contribution in [0, 0.1) is 0 Å². The van der Waals surface area contributed by atoms with Crippen molar-refractivity contribution in [2.24, 2.45) is 0 Å². The summed E-state index contributed by atoms with van der Waals surface area (Å²) < 4.78 is 7.52. The van der Waals surface area contributed by atoms with E-state index in [1.807, 2.05) is 30.5 Å². The molecule has 1 amide bonds. The Labute approximate surface area is 172 Å². The van der Waals surface area contributed by atoms with Gasteiger partial charge in [-0.3, -0.25) is 9.36 Å². The molecule has 1 saturated carbocycles. The van der Waals surface area contributed by atoms with Crippen molar-refractivity contribution >= 4 is 28.6 Å². The van der Waals surface area contributed by atoms with Crippen molar-refractivity contribution in [2.45, 2.75) is 30.6 Å². The number of amides is 1. The Morgan fingerprint density at radius 2 is 2.14 bits per heavy atom. The largest absolute Gasteiger partial charge is 0.467 e. The summed E-state index contributed by atoms with van der Waals surface area (Å²) in [4.78, 5) is 17.5. The molecular formula is C21H21N5O2S. The molecule has 1 fully saturated rings. The molecule has 1 aliphatic carbocycles. The van der Waals surface area contributed by atoms with Crippen LogP contribution < -0.4 is 0 Å². The fourth-order valence-corrected chi connectivity index (χ4v) is 4.38. The molecule has 0 saturated heterocycles. The fraction of sp³-hybridized carbons (Fsp3) is 0.286. The van der Waals surface area contributed by atoms with E-state index < -0.39 is 0 Å². The van der Waals surface area contributed by atoms with E-state index in [1.54, 1.807) is 18.2 Å². The number of nitrogens with zero attached hydrogens (tertiary/aromatic N) is 4. The van der Waals surface area contributed by atoms with E-state index in [9.17, 15) is 4.79 Å². The third-order valence-electron chi connectivity index (χ3n) is 5.13. The lowest BCUT2D eigenvalue weighted by atomic mass is 10.1. The number of furan rings is 1. The summed E-state index contributed by atoms with van der Waals surface area (Å²) >= 11 is 1.45. The highest BCUT2D eigenvalue weighted by atomic mass is 32.2. The number of carbonyl (C=O) groups is 1. The quantitative estimate of drug-likeness (QED) is 0.467. The monoisotopic (exact) mass is 407 g/mol. The number of aromatic amines is 1. The van der Waals surface area contributed by atoms with Crippen LogP contribution in [0.25, 0.3) is 22.3 Å². The first kappa shape index (κ1) is 18.1. The molecule has 8 heteroatoms. The van der Waals surface area contributed by atoms with Gasteiger partial charge in [0.1, 0.15) is 5.76 Å². The summed E-state index contributed by atoms with van der Waals surface area (Å²) in [6.07, 6.45) is 5.84. The molecule has 148 valence electrons. The first-order valence-electron chi connectivity index (χ1n) is 9.61. The third-order valence-corrected chi connectivity index (χ3v) is 6.06. The summed E-state index contributed by atoms with van der Waals surface area (Å²) in [6.45, 7) is 0.461. The number of thioether (sulfide) groups is 1. The SMILES string of the molecule is CN(Cc1ccco1)C(=O)CSc1nnc(-c2c[nH]c3ccccc23)n1C1CC1. The molecule has 1 aliphatic rings. The average molecular weight is 407 g/mol. The second kappa shape index (κ2) is 7.44. The number of benzene rings is 1. The molecule has 29 heavy (non-hydrogen) atoms. The highest BCUT2D eigenvalue weighted by molar-refractivity contribution is 7.99. The van der Waals surface area contributed by atoms with Crippen LogP contribution >= 0.6 is 11.8 Å². The third kappa shape index (κ3) is 3.55. The lowest BCUT2D eigenvalue weighted by Gasteiger charge is -2.15. The highest BCUT2D eigenvalue weighted by Crippen LogP contribution is 2.42. The summed E-state index contributed by atoms with van der Waals surface area (Å²) in [7, 11) is 1.79. The Morgan fingerprint density at radius 3 is 2.93 bits per heavy atom. The van der Waals surface area contributed by atoms with Crippen molar-refractivity contribution in [2.75, 3.05) is 12.8 Å². The van der Waals surface area contributed by atoms with Crippen molar-refractivity contribution in [3.8, 4) is 11.4 Å². The summed E-state index contributed by atoms with van der Waals surface area (Å²) in [5.74, 6) is 1.98. The van der Waals surface area contributed by atoms with Gasteiger partial charge >= 0.3 is 0 Å². The molecule has 0 spiro atoms. The lowest BCUT2D eigenvalue weighted by Crippen LogP contribution is -2.27. The lowest BCUT2D eigenvalue weighted by molar-refractivity contribution is -0.127. The van der Waals surface area contributed by atoms with Gasteiger partial charge in [-0.15, -0.1) is 10.2 Å². The maximum Gasteiger partial charge on any atom is 0.233 e. The van der Waals surface area contributed by atoms with Crippen molar-refractivity contribution in [1.29, 1.82) is 0 Å². The van der Waals surface area contributed by atoms with Crippen LogP contribution in [0.3, 0.4) is 0 Å². The predicted octanol–water partition coefficient (Wildman–Crippen LogP) is 4.11. The van der Waals surface area contributed by atoms with Gasteiger partial charge in [0.05, 0.1) is 18.6 Å². The molecule has 3 aromatic heterocycles. The van der Waals surface area contributed by atoms with E-state index in [4.69, 9.17) is 4.42 Å². The maximum atomic E-state index is 12.6. The molecular weight excluding hydrogens is 386 g/mol. The van der Waals surface area contributed by atoms with E-state index in [1.165, 1.54) is 11.8 Å². The van der Waals surface area contributed by atoms with E-state index in [2.05, 4.69) is 31.9 Å². The highest BCUT2D eigenvalue weighted by Gasteiger charge is 2.31. The second-order valence-electron chi connectivity index (χ2n) is 7.27. The van der Waals surface area contributed by atoms with Crippen LogP contribution in [-0.2, 0) is 11.3 Å². The van der Waals surface area contributed by atoms with E-state index >= 15 is 0 Å². The van der Waals surface area contributed by atoms with Crippen molar-refractivity contribution < 1.29 is 9.21 Å². The van der Waals surface area contributed by atoms with Crippen LogP contribution in [0.4, 0.5) is 0 Å². The molecule has 1 aromatic carbocycles. The molecule has 0 aliphatic heterocycles. The minimum atomic E-state index is 0.0328. The Balaban J connectivity index is 1.35. The number of nitrogens with one attached hydrogen (secondary N) is 1. The van der Waals surface area contributed by atoms with Crippen LogP contribution in [0.5, 0.6) is 0 Å². The van der Waals surface area contributed by atoms with Crippen LogP contribution in [-0.4, -0.2) is 43.4 Å². The van der Waals surface area contributed by atoms with Gasteiger partial charge in [-0.05, 0) is 31.0 Å². The number of hydrogen-bond donors (Lipinski definition) is 1. The number of aromatic nitrogens is 4. The minimum absolute atomic E-state index is 0.0328. The number of para-hydroxylation sites is 1. The standard InChI is InChI=1S/C21H21N5O2S/c1-25(12-15-5-4-10-28-15)19(27)13-29-21-24-23-20(26(21)14-8-9-14)17-11-22-18-7-3-2-6-16(17)18/h2-7,10-11,14,22H,8-9,12-13H2,1H3. The first-order chi connectivity index (χ1) is 14.2. The predicted molar refractivity (Wildman–Crippen MR) is 111 cm³/mol. The van der Waals surface area contributed by atoms with E-state index in [-0.39, 0.29) is 5.91 Å². The summed E-state index contributed by atoms with van der Waals surface area (Å²) in [5, 5.41) is 10.8. The van der Waals surface area contributed by atoms with Crippen LogP contribution in [0.1, 0.15) is 24.6 Å². The van der Waals surface area contributed by atoms with Gasteiger partial charge in [-0.25, -0.2) is 0 Å². The molecule has 4 aromatic rings. The average Bonchev–Trinajstić information content (AvgIpc) is 3.12. The molecule has 0 atom stereocenters. The van der Waals surface area contributed by atoms with Gasteiger partial charge in [0.25, 0.3) is 0 Å². The van der Waals surface area contributed by atoms with Gasteiger partial charge in [0.2, 0.25) is 5.91 Å². The minimum Gasteiger partial charge on any atom is -0.467 e. The first-order valence-corrected chi connectivity index (χ1v) is 10.6. The zero-order chi connectivity index (χ0) is 19.8. The smallest absolute Gasteiger partial charge is 0.233 e. The zero-order valence-corrected chi connectivity index (χ0v) is 16.9. The van der Waals surface area contributed by atoms with Gasteiger partial charge in [0, 0.05) is 35.8 Å². The number of hydrogen-bond acceptors (Lipinski definition) is 5. The van der Waals surface area contributed by atoms with Gasteiger partial charge in [-0.2, -0.15) is 0 Å². The fourth-order valence-electron chi connectivity index (χ4n) is 3.44. The van der Waals surface area contributed by atoms with Gasteiger partial charge in [-0.1, -0.05) is 30.0 Å². The topological polar surface area (TPSA) is 80.0 Å². The number of rotatable bonds is 7. The Kier molecular flexibility index (Phi) is 4.63. The second-order valence-corrected chi connectivity index (χ2v) is 8.22.